The maximum Gasteiger partial charge on any atom is 0.190 e. The van der Waals surface area contributed by atoms with E-state index in [4.69, 9.17) is 0 Å². The first-order chi connectivity index (χ1) is 24.6. The second-order valence-corrected chi connectivity index (χ2v) is 18.0. The van der Waals surface area contributed by atoms with Crippen LogP contribution in [-0.4, -0.2) is 52.2 Å². The molecule has 8 unspecified atom stereocenters. The van der Waals surface area contributed by atoms with E-state index in [2.05, 4.69) is 85.5 Å². The minimum atomic E-state index is -0.802. The van der Waals surface area contributed by atoms with Crippen molar-refractivity contribution in [2.75, 3.05) is 19.6 Å². The summed E-state index contributed by atoms with van der Waals surface area (Å²) in [5, 5.41) is 24.1. The summed E-state index contributed by atoms with van der Waals surface area (Å²) in [7, 11) is 0. The minimum Gasteiger partial charge on any atom is -0.393 e. The van der Waals surface area contributed by atoms with Gasteiger partial charge in [-0.15, -0.1) is 0 Å². The monoisotopic (exact) mass is 681 g/mol. The summed E-state index contributed by atoms with van der Waals surface area (Å²) < 4.78 is 0. The van der Waals surface area contributed by atoms with Crippen molar-refractivity contribution in [3.63, 3.8) is 0 Å². The predicted octanol–water partition coefficient (Wildman–Crippen LogP) is 9.08. The number of fused-ring (bicyclic) bond motifs is 1. The number of aliphatic hydroxyl groups excluding tert-OH is 1. The molecule has 1 saturated heterocycles. The van der Waals surface area contributed by atoms with E-state index in [9.17, 15) is 10.2 Å². The Morgan fingerprint density at radius 3 is 2.18 bits per heavy atom. The van der Waals surface area contributed by atoms with E-state index in [1.54, 1.807) is 0 Å². The average molecular weight is 682 g/mol. The number of hydrogen-bond donors (Lipinski definition) is 2. The third-order valence-electron chi connectivity index (χ3n) is 15.8. The number of aliphatic hydroxyl groups is 2. The van der Waals surface area contributed by atoms with Crippen molar-refractivity contribution >= 4 is 5.78 Å². The molecule has 8 atom stereocenters. The van der Waals surface area contributed by atoms with Gasteiger partial charge in [0.05, 0.1) is 11.7 Å². The van der Waals surface area contributed by atoms with Crippen LogP contribution in [0.25, 0.3) is 11.1 Å². The zero-order valence-corrected chi connectivity index (χ0v) is 30.6. The maximum atomic E-state index is 15.4. The molecule has 3 aromatic carbocycles. The Morgan fingerprint density at radius 2 is 1.41 bits per heavy atom. The van der Waals surface area contributed by atoms with Gasteiger partial charge in [0, 0.05) is 33.9 Å². The van der Waals surface area contributed by atoms with Crippen LogP contribution >= 0.6 is 0 Å². The topological polar surface area (TPSA) is 60.8 Å². The number of piperidine rings is 1. The molecule has 3 saturated carbocycles. The van der Waals surface area contributed by atoms with Crippen LogP contribution in [0.5, 0.6) is 0 Å². The van der Waals surface area contributed by atoms with Crippen molar-refractivity contribution in [1.82, 2.24) is 4.90 Å². The lowest BCUT2D eigenvalue weighted by Gasteiger charge is -2.71. The summed E-state index contributed by atoms with van der Waals surface area (Å²) in [4.78, 5) is 17.9. The Kier molecular flexibility index (Phi) is 7.96. The van der Waals surface area contributed by atoms with Gasteiger partial charge >= 0.3 is 0 Å². The highest BCUT2D eigenvalue weighted by molar-refractivity contribution is 6.14. The van der Waals surface area contributed by atoms with Crippen LogP contribution in [0.2, 0.25) is 0 Å². The Balaban J connectivity index is 1.07. The van der Waals surface area contributed by atoms with Gasteiger partial charge in [0.2, 0.25) is 0 Å². The van der Waals surface area contributed by atoms with Crippen LogP contribution in [0, 0.1) is 39.4 Å². The normalized spacial score (nSPS) is 38.8. The summed E-state index contributed by atoms with van der Waals surface area (Å²) in [6.07, 6.45) is 16.5. The molecule has 2 spiro atoms. The van der Waals surface area contributed by atoms with E-state index in [0.717, 1.165) is 86.8 Å². The Hall–Kier alpha value is -3.31. The lowest BCUT2D eigenvalue weighted by Crippen LogP contribution is -2.67. The highest BCUT2D eigenvalue weighted by atomic mass is 16.3. The molecule has 6 aliphatic carbocycles. The molecule has 51 heavy (non-hydrogen) atoms. The molecule has 4 fully saturated rings. The lowest BCUT2D eigenvalue weighted by molar-refractivity contribution is -0.177. The van der Waals surface area contributed by atoms with Gasteiger partial charge in [0.15, 0.2) is 5.78 Å². The molecule has 3 aromatic rings. The van der Waals surface area contributed by atoms with E-state index in [-0.39, 0.29) is 34.1 Å². The number of carbonyl (C=O) groups excluding carboxylic acids is 1. The first-order valence-corrected chi connectivity index (χ1v) is 19.9. The Morgan fingerprint density at radius 1 is 0.765 bits per heavy atom. The number of likely N-dealkylation sites (tertiary alicyclic amines) is 1. The Labute approximate surface area is 304 Å². The summed E-state index contributed by atoms with van der Waals surface area (Å²) >= 11 is 0. The van der Waals surface area contributed by atoms with Crippen molar-refractivity contribution in [3.8, 4) is 11.1 Å². The van der Waals surface area contributed by atoms with Crippen LogP contribution in [0.15, 0.2) is 109 Å². The number of Topliss-reactive ketones (excluding diaryl/α,β-unsaturated/α-hetero) is 1. The molecule has 0 radical (unpaired) electrons. The van der Waals surface area contributed by atoms with Gasteiger partial charge in [0.25, 0.3) is 0 Å². The number of nitrogens with zero attached hydrogens (tertiary/aromatic N) is 1. The summed E-state index contributed by atoms with van der Waals surface area (Å²) in [5.41, 5.74) is 3.23. The largest absolute Gasteiger partial charge is 0.393 e. The number of benzene rings is 3. The van der Waals surface area contributed by atoms with Crippen LogP contribution < -0.4 is 0 Å². The van der Waals surface area contributed by atoms with Crippen LogP contribution in [0.1, 0.15) is 87.6 Å². The second-order valence-electron chi connectivity index (χ2n) is 18.0. The highest BCUT2D eigenvalue weighted by Gasteiger charge is 2.74. The molecule has 1 aliphatic heterocycles. The van der Waals surface area contributed by atoms with Gasteiger partial charge in [-0.3, -0.25) is 4.79 Å². The number of hydrogen-bond acceptors (Lipinski definition) is 4. The van der Waals surface area contributed by atoms with E-state index in [1.807, 2.05) is 36.4 Å². The van der Waals surface area contributed by atoms with E-state index in [0.29, 0.717) is 18.3 Å². The number of rotatable bonds is 7. The first kappa shape index (κ1) is 33.5. The fourth-order valence-electron chi connectivity index (χ4n) is 13.0. The molecule has 0 amide bonds. The van der Waals surface area contributed by atoms with Crippen LogP contribution in [0.4, 0.5) is 0 Å². The van der Waals surface area contributed by atoms with Gasteiger partial charge < -0.3 is 15.1 Å². The standard InChI is InChI=1S/C47H55NO3/c1-43-22-17-36(49)30-45(43)25-26-47(39(31-45)42(50)38-16-10-9-15-37(38)35-13-7-4-8-14-35)40(43)18-23-44(2)41(47)19-24-46(44,51)32-48-27-20-34(21-28-48)29-33-11-5-3-6-12-33/h3-16,25-26,31,34,36,40-41,49,51H,17-24,27-30,32H2,1-2H3. The quantitative estimate of drug-likeness (QED) is 0.193. The second kappa shape index (κ2) is 12.1. The molecule has 4 heteroatoms. The molecule has 7 aliphatic rings. The smallest absolute Gasteiger partial charge is 0.190 e. The predicted molar refractivity (Wildman–Crippen MR) is 204 cm³/mol. The third-order valence-corrected chi connectivity index (χ3v) is 15.8. The van der Waals surface area contributed by atoms with Gasteiger partial charge in [0.1, 0.15) is 0 Å². The zero-order chi connectivity index (χ0) is 35.1. The summed E-state index contributed by atoms with van der Waals surface area (Å²) in [5.74, 6) is 1.29. The molecular weight excluding hydrogens is 627 g/mol. The molecule has 1 heterocycles. The summed E-state index contributed by atoms with van der Waals surface area (Å²) in [6.45, 7) is 7.66. The highest BCUT2D eigenvalue weighted by Crippen LogP contribution is 2.78. The zero-order valence-electron chi connectivity index (χ0n) is 30.6. The fourth-order valence-corrected chi connectivity index (χ4v) is 13.0. The van der Waals surface area contributed by atoms with Crippen molar-refractivity contribution in [1.29, 1.82) is 0 Å². The van der Waals surface area contributed by atoms with Crippen molar-refractivity contribution < 1.29 is 15.0 Å². The van der Waals surface area contributed by atoms with E-state index >= 15 is 4.79 Å². The molecule has 2 bridgehead atoms. The van der Waals surface area contributed by atoms with Crippen molar-refractivity contribution in [2.24, 2.45) is 39.4 Å². The Bertz CT molecular complexity index is 1860. The van der Waals surface area contributed by atoms with Gasteiger partial charge in [-0.05, 0) is 117 Å². The lowest BCUT2D eigenvalue weighted by atomic mass is 9.32. The van der Waals surface area contributed by atoms with Crippen molar-refractivity contribution in [2.45, 2.75) is 89.8 Å². The molecule has 0 aromatic heterocycles. The molecule has 4 nitrogen and oxygen atoms in total. The van der Waals surface area contributed by atoms with Crippen molar-refractivity contribution in [3.05, 3.63) is 120 Å². The summed E-state index contributed by atoms with van der Waals surface area (Å²) in [6, 6.07) is 29.3. The first-order valence-electron chi connectivity index (χ1n) is 19.9. The van der Waals surface area contributed by atoms with Gasteiger partial charge in [-0.25, -0.2) is 0 Å². The molecule has 266 valence electrons. The number of allylic oxidation sites excluding steroid dienone is 4. The molecule has 2 N–H and O–H groups in total. The fraction of sp³-hybridized carbons (Fsp3) is 0.511. The maximum absolute atomic E-state index is 15.4. The minimum absolute atomic E-state index is 0.0353. The molecular formula is C47H55NO3. The number of carbonyl (C=O) groups is 1. The average Bonchev–Trinajstić information content (AvgIpc) is 3.42. The number of ketones is 1. The van der Waals surface area contributed by atoms with Gasteiger partial charge in [-0.2, -0.15) is 0 Å². The van der Waals surface area contributed by atoms with Crippen LogP contribution in [0.3, 0.4) is 0 Å². The SMILES string of the molecule is CC12CCC(O)CC13C=CC1(C(C(=O)c4ccccc4-c4ccccc4)=C3)C2CCC2(C)C1CCC2(O)CN1CCC(Cc2ccccc2)CC1. The van der Waals surface area contributed by atoms with E-state index < -0.39 is 11.0 Å². The van der Waals surface area contributed by atoms with Crippen LogP contribution in [-0.2, 0) is 6.42 Å². The third kappa shape index (κ3) is 4.92. The number of β-amino-alcohol motifs (C(OH)–C–C–N with tert-alkyl or cyclic N) is 1. The van der Waals surface area contributed by atoms with Gasteiger partial charge in [-0.1, -0.05) is 117 Å². The van der Waals surface area contributed by atoms with E-state index in [1.165, 1.54) is 18.4 Å². The molecule has 10 rings (SSSR count).